The summed E-state index contributed by atoms with van der Waals surface area (Å²) < 4.78 is 11.2. The van der Waals surface area contributed by atoms with Gasteiger partial charge in [-0.15, -0.1) is 0 Å². The van der Waals surface area contributed by atoms with Crippen molar-refractivity contribution in [1.82, 2.24) is 0 Å². The van der Waals surface area contributed by atoms with Gasteiger partial charge in [0, 0.05) is 0 Å². The van der Waals surface area contributed by atoms with Crippen LogP contribution in [0, 0.1) is 0 Å². The number of amides is 1. The van der Waals surface area contributed by atoms with E-state index in [0.29, 0.717) is 30.4 Å². The zero-order chi connectivity index (χ0) is 18.1. The van der Waals surface area contributed by atoms with Gasteiger partial charge in [-0.05, 0) is 43.7 Å². The highest BCUT2D eigenvalue weighted by Gasteiger charge is 2.09. The van der Waals surface area contributed by atoms with Gasteiger partial charge in [0.25, 0.3) is 0 Å². The monoisotopic (exact) mass is 340 g/mol. The molecule has 2 aromatic rings. The van der Waals surface area contributed by atoms with Crippen LogP contribution in [0.5, 0.6) is 11.5 Å². The van der Waals surface area contributed by atoms with Gasteiger partial charge in [0.2, 0.25) is 5.91 Å². The smallest absolute Gasteiger partial charge is 0.243 e. The minimum absolute atomic E-state index is 0.119. The summed E-state index contributed by atoms with van der Waals surface area (Å²) in [6, 6.07) is 14.9. The number of para-hydroxylation sites is 4. The minimum atomic E-state index is -0.165. The van der Waals surface area contributed by atoms with Crippen molar-refractivity contribution >= 4 is 17.3 Å². The molecule has 0 radical (unpaired) electrons. The zero-order valence-corrected chi connectivity index (χ0v) is 14.7. The molecule has 0 aliphatic heterocycles. The lowest BCUT2D eigenvalue weighted by Gasteiger charge is -2.14. The lowest BCUT2D eigenvalue weighted by Crippen LogP contribution is -2.22. The van der Waals surface area contributed by atoms with Crippen LogP contribution in [0.3, 0.4) is 0 Å². The number of benzene rings is 2. The Kier molecular flexibility index (Phi) is 6.89. The summed E-state index contributed by atoms with van der Waals surface area (Å²) in [6.07, 6.45) is 0. The number of anilines is 2. The summed E-state index contributed by atoms with van der Waals surface area (Å²) in [6.45, 7) is 8.73. The normalized spacial score (nSPS) is 10.0. The highest BCUT2D eigenvalue weighted by atomic mass is 16.5. The first kappa shape index (κ1) is 18.4. The van der Waals surface area contributed by atoms with Crippen molar-refractivity contribution in [2.45, 2.75) is 13.8 Å². The standard InChI is InChI=1S/C20H24N2O3/c1-4-24-19-12-8-6-10-17(19)22-20(23)13-21-16-9-5-7-11-18(16)25-14-15(2)3/h5-12,21H,2,4,13-14H2,1,3H3,(H,22,23). The number of hydrogen-bond donors (Lipinski definition) is 2. The average Bonchev–Trinajstić information content (AvgIpc) is 2.60. The van der Waals surface area contributed by atoms with E-state index in [1.54, 1.807) is 0 Å². The van der Waals surface area contributed by atoms with Crippen molar-refractivity contribution in [1.29, 1.82) is 0 Å². The molecule has 0 bridgehead atoms. The van der Waals surface area contributed by atoms with E-state index in [0.717, 1.165) is 11.3 Å². The molecular formula is C20H24N2O3. The Morgan fingerprint density at radius 2 is 1.60 bits per heavy atom. The molecule has 0 heterocycles. The van der Waals surface area contributed by atoms with Crippen LogP contribution < -0.4 is 20.1 Å². The average molecular weight is 340 g/mol. The van der Waals surface area contributed by atoms with Gasteiger partial charge in [-0.3, -0.25) is 4.79 Å². The fraction of sp³-hybridized carbons (Fsp3) is 0.250. The first-order valence-corrected chi connectivity index (χ1v) is 8.22. The van der Waals surface area contributed by atoms with Crippen LogP contribution in [0.2, 0.25) is 0 Å². The van der Waals surface area contributed by atoms with Crippen molar-refractivity contribution in [3.8, 4) is 11.5 Å². The fourth-order valence-corrected chi connectivity index (χ4v) is 2.16. The molecular weight excluding hydrogens is 316 g/mol. The lowest BCUT2D eigenvalue weighted by molar-refractivity contribution is -0.114. The van der Waals surface area contributed by atoms with Crippen molar-refractivity contribution in [3.63, 3.8) is 0 Å². The molecule has 1 amide bonds. The Morgan fingerprint density at radius 3 is 2.24 bits per heavy atom. The van der Waals surface area contributed by atoms with E-state index in [4.69, 9.17) is 9.47 Å². The molecule has 0 aromatic heterocycles. The predicted octanol–water partition coefficient (Wildman–Crippen LogP) is 4.09. The van der Waals surface area contributed by atoms with Crippen molar-refractivity contribution in [3.05, 3.63) is 60.7 Å². The topological polar surface area (TPSA) is 59.6 Å². The number of ether oxygens (including phenoxy) is 2. The number of nitrogens with one attached hydrogen (secondary N) is 2. The molecule has 0 fully saturated rings. The maximum atomic E-state index is 12.2. The second kappa shape index (κ2) is 9.37. The van der Waals surface area contributed by atoms with Gasteiger partial charge in [-0.2, -0.15) is 0 Å². The van der Waals surface area contributed by atoms with Gasteiger partial charge in [-0.25, -0.2) is 0 Å². The number of rotatable bonds is 9. The van der Waals surface area contributed by atoms with Crippen LogP contribution >= 0.6 is 0 Å². The molecule has 5 heteroatoms. The molecule has 2 aromatic carbocycles. The molecule has 5 nitrogen and oxygen atoms in total. The molecule has 2 rings (SSSR count). The van der Waals surface area contributed by atoms with Gasteiger partial charge in [0.05, 0.1) is 24.5 Å². The Balaban J connectivity index is 1.95. The minimum Gasteiger partial charge on any atom is -0.492 e. The van der Waals surface area contributed by atoms with Crippen LogP contribution in [0.1, 0.15) is 13.8 Å². The first-order chi connectivity index (χ1) is 12.1. The zero-order valence-electron chi connectivity index (χ0n) is 14.7. The van der Waals surface area contributed by atoms with Gasteiger partial charge < -0.3 is 20.1 Å². The first-order valence-electron chi connectivity index (χ1n) is 8.22. The molecule has 0 aliphatic carbocycles. The summed E-state index contributed by atoms with van der Waals surface area (Å²) in [5.74, 6) is 1.18. The number of carbonyl (C=O) groups is 1. The predicted molar refractivity (Wildman–Crippen MR) is 101 cm³/mol. The molecule has 132 valence electrons. The number of hydrogen-bond acceptors (Lipinski definition) is 4. The third-order valence-corrected chi connectivity index (χ3v) is 3.26. The third-order valence-electron chi connectivity index (χ3n) is 3.26. The second-order valence-corrected chi connectivity index (χ2v) is 5.57. The summed E-state index contributed by atoms with van der Waals surface area (Å²) in [7, 11) is 0. The molecule has 0 spiro atoms. The molecule has 2 N–H and O–H groups in total. The largest absolute Gasteiger partial charge is 0.492 e. The van der Waals surface area contributed by atoms with Gasteiger partial charge in [-0.1, -0.05) is 30.8 Å². The van der Waals surface area contributed by atoms with E-state index in [-0.39, 0.29) is 12.5 Å². The summed E-state index contributed by atoms with van der Waals surface area (Å²) >= 11 is 0. The Morgan fingerprint density at radius 1 is 1.00 bits per heavy atom. The van der Waals surface area contributed by atoms with Crippen molar-refractivity contribution < 1.29 is 14.3 Å². The van der Waals surface area contributed by atoms with E-state index in [2.05, 4.69) is 17.2 Å². The molecule has 0 unspecified atom stereocenters. The summed E-state index contributed by atoms with van der Waals surface area (Å²) in [4.78, 5) is 12.2. The molecule has 0 aliphatic rings. The van der Waals surface area contributed by atoms with Crippen LogP contribution in [0.25, 0.3) is 0 Å². The third kappa shape index (κ3) is 5.88. The molecule has 0 atom stereocenters. The number of carbonyl (C=O) groups excluding carboxylic acids is 1. The van der Waals surface area contributed by atoms with E-state index in [9.17, 15) is 4.79 Å². The highest BCUT2D eigenvalue weighted by Crippen LogP contribution is 2.25. The fourth-order valence-electron chi connectivity index (χ4n) is 2.16. The second-order valence-electron chi connectivity index (χ2n) is 5.57. The quantitative estimate of drug-likeness (QED) is 0.675. The van der Waals surface area contributed by atoms with Crippen LogP contribution in [-0.2, 0) is 4.79 Å². The molecule has 25 heavy (non-hydrogen) atoms. The SMILES string of the molecule is C=C(C)COc1ccccc1NCC(=O)Nc1ccccc1OCC. The maximum Gasteiger partial charge on any atom is 0.243 e. The lowest BCUT2D eigenvalue weighted by atomic mass is 10.2. The Bertz CT molecular complexity index is 728. The maximum absolute atomic E-state index is 12.2. The molecule has 0 saturated carbocycles. The van der Waals surface area contributed by atoms with Crippen LogP contribution in [0.4, 0.5) is 11.4 Å². The molecule has 0 saturated heterocycles. The van der Waals surface area contributed by atoms with E-state index in [1.165, 1.54) is 0 Å². The van der Waals surface area contributed by atoms with E-state index >= 15 is 0 Å². The Hall–Kier alpha value is -2.95. The van der Waals surface area contributed by atoms with E-state index < -0.39 is 0 Å². The van der Waals surface area contributed by atoms with Crippen molar-refractivity contribution in [2.24, 2.45) is 0 Å². The summed E-state index contributed by atoms with van der Waals surface area (Å²) in [5.41, 5.74) is 2.35. The van der Waals surface area contributed by atoms with Gasteiger partial charge in [0.1, 0.15) is 18.1 Å². The summed E-state index contributed by atoms with van der Waals surface area (Å²) in [5, 5.41) is 5.95. The van der Waals surface area contributed by atoms with Crippen molar-refractivity contribution in [2.75, 3.05) is 30.4 Å². The van der Waals surface area contributed by atoms with Gasteiger partial charge in [0.15, 0.2) is 0 Å². The van der Waals surface area contributed by atoms with Gasteiger partial charge >= 0.3 is 0 Å². The van der Waals surface area contributed by atoms with Crippen LogP contribution in [0.15, 0.2) is 60.7 Å². The van der Waals surface area contributed by atoms with E-state index in [1.807, 2.05) is 62.4 Å². The Labute approximate surface area is 148 Å². The van der Waals surface area contributed by atoms with Crippen LogP contribution in [-0.4, -0.2) is 25.7 Å². The highest BCUT2D eigenvalue weighted by molar-refractivity contribution is 5.95.